The van der Waals surface area contributed by atoms with E-state index in [2.05, 4.69) is 27.7 Å². The zero-order chi connectivity index (χ0) is 12.2. The van der Waals surface area contributed by atoms with E-state index in [0.717, 1.165) is 32.2 Å². The Morgan fingerprint density at radius 1 is 1.28 bits per heavy atom. The number of thiophene rings is 1. The van der Waals surface area contributed by atoms with E-state index >= 15 is 0 Å². The fourth-order valence-electron chi connectivity index (χ4n) is 3.16. The van der Waals surface area contributed by atoms with Crippen LogP contribution in [0.25, 0.3) is 0 Å². The Morgan fingerprint density at radius 2 is 2.06 bits per heavy atom. The summed E-state index contributed by atoms with van der Waals surface area (Å²) in [4.78, 5) is 4.22. The number of hydrogen-bond acceptors (Lipinski definition) is 4. The van der Waals surface area contributed by atoms with Crippen LogP contribution in [0.4, 0.5) is 0 Å². The van der Waals surface area contributed by atoms with Gasteiger partial charge in [-0.05, 0) is 30.2 Å². The molecular weight excluding hydrogens is 244 g/mol. The lowest BCUT2D eigenvalue weighted by Crippen LogP contribution is -2.47. The van der Waals surface area contributed by atoms with Crippen LogP contribution in [0.1, 0.15) is 23.8 Å². The standard InChI is InChI=1S/C14H22N2OS/c1-2-13(18-11-1)14(12-3-9-17-10-4-12)16-7-5-15-6-8-16/h1-2,11-12,14-15H,3-10H2. The van der Waals surface area contributed by atoms with Gasteiger partial charge in [0.05, 0.1) is 0 Å². The quantitative estimate of drug-likeness (QED) is 0.907. The van der Waals surface area contributed by atoms with Crippen LogP contribution >= 0.6 is 11.3 Å². The Morgan fingerprint density at radius 3 is 2.72 bits per heavy atom. The van der Waals surface area contributed by atoms with Gasteiger partial charge in [-0.2, -0.15) is 0 Å². The third-order valence-electron chi connectivity index (χ3n) is 4.09. The highest BCUT2D eigenvalue weighted by atomic mass is 32.1. The van der Waals surface area contributed by atoms with Crippen LogP contribution in [0.5, 0.6) is 0 Å². The molecule has 2 aliphatic rings. The summed E-state index contributed by atoms with van der Waals surface area (Å²) in [5.74, 6) is 0.774. The maximum Gasteiger partial charge on any atom is 0.0472 e. The van der Waals surface area contributed by atoms with E-state index < -0.39 is 0 Å². The monoisotopic (exact) mass is 266 g/mol. The molecule has 0 saturated carbocycles. The van der Waals surface area contributed by atoms with Gasteiger partial charge in [0.15, 0.2) is 0 Å². The highest BCUT2D eigenvalue weighted by Crippen LogP contribution is 2.37. The van der Waals surface area contributed by atoms with Gasteiger partial charge in [0, 0.05) is 50.3 Å². The van der Waals surface area contributed by atoms with Crippen molar-refractivity contribution in [1.82, 2.24) is 10.2 Å². The first-order chi connectivity index (χ1) is 8.95. The zero-order valence-electron chi connectivity index (χ0n) is 10.8. The molecule has 0 aliphatic carbocycles. The van der Waals surface area contributed by atoms with Gasteiger partial charge in [-0.1, -0.05) is 6.07 Å². The maximum atomic E-state index is 5.53. The van der Waals surface area contributed by atoms with E-state index in [0.29, 0.717) is 6.04 Å². The van der Waals surface area contributed by atoms with Crippen LogP contribution in [0.3, 0.4) is 0 Å². The van der Waals surface area contributed by atoms with Gasteiger partial charge in [-0.25, -0.2) is 0 Å². The molecular formula is C14H22N2OS. The molecule has 3 heterocycles. The molecule has 1 atom stereocenters. The zero-order valence-corrected chi connectivity index (χ0v) is 11.6. The summed E-state index contributed by atoms with van der Waals surface area (Å²) in [7, 11) is 0. The summed E-state index contributed by atoms with van der Waals surface area (Å²) in [6, 6.07) is 5.12. The van der Waals surface area contributed by atoms with Gasteiger partial charge in [0.1, 0.15) is 0 Å². The fraction of sp³-hybridized carbons (Fsp3) is 0.714. The molecule has 3 nitrogen and oxygen atoms in total. The number of nitrogens with one attached hydrogen (secondary N) is 1. The molecule has 18 heavy (non-hydrogen) atoms. The molecule has 4 heteroatoms. The molecule has 0 radical (unpaired) electrons. The summed E-state index contributed by atoms with van der Waals surface area (Å²) < 4.78 is 5.53. The number of rotatable bonds is 3. The van der Waals surface area contributed by atoms with Crippen LogP contribution in [-0.4, -0.2) is 44.3 Å². The largest absolute Gasteiger partial charge is 0.381 e. The molecule has 2 aliphatic heterocycles. The number of piperazine rings is 1. The highest BCUT2D eigenvalue weighted by molar-refractivity contribution is 7.10. The van der Waals surface area contributed by atoms with E-state index in [1.54, 1.807) is 4.88 Å². The summed E-state index contributed by atoms with van der Waals surface area (Å²) >= 11 is 1.92. The second-order valence-corrected chi connectivity index (χ2v) is 6.18. The summed E-state index contributed by atoms with van der Waals surface area (Å²) in [6.45, 7) is 6.51. The van der Waals surface area contributed by atoms with Gasteiger partial charge in [0.25, 0.3) is 0 Å². The van der Waals surface area contributed by atoms with E-state index in [1.165, 1.54) is 25.9 Å². The smallest absolute Gasteiger partial charge is 0.0472 e. The molecule has 2 fully saturated rings. The minimum Gasteiger partial charge on any atom is -0.381 e. The summed E-state index contributed by atoms with van der Waals surface area (Å²) in [5.41, 5.74) is 0. The second-order valence-electron chi connectivity index (χ2n) is 5.20. The topological polar surface area (TPSA) is 24.5 Å². The van der Waals surface area contributed by atoms with Crippen LogP contribution in [0.2, 0.25) is 0 Å². The van der Waals surface area contributed by atoms with Gasteiger partial charge in [-0.15, -0.1) is 11.3 Å². The van der Waals surface area contributed by atoms with Crippen LogP contribution in [-0.2, 0) is 4.74 Å². The first kappa shape index (κ1) is 12.6. The molecule has 1 aromatic heterocycles. The Kier molecular flexibility index (Phi) is 4.31. The minimum atomic E-state index is 0.621. The van der Waals surface area contributed by atoms with E-state index in [1.807, 2.05) is 11.3 Å². The molecule has 100 valence electrons. The lowest BCUT2D eigenvalue weighted by molar-refractivity contribution is 0.0223. The molecule has 1 N–H and O–H groups in total. The Hall–Kier alpha value is -0.420. The average Bonchev–Trinajstić information content (AvgIpc) is 2.95. The first-order valence-corrected chi connectivity index (χ1v) is 7.89. The van der Waals surface area contributed by atoms with E-state index in [-0.39, 0.29) is 0 Å². The molecule has 0 amide bonds. The van der Waals surface area contributed by atoms with Gasteiger partial charge >= 0.3 is 0 Å². The van der Waals surface area contributed by atoms with Crippen molar-refractivity contribution < 1.29 is 4.74 Å². The molecule has 0 aromatic carbocycles. The maximum absolute atomic E-state index is 5.53. The van der Waals surface area contributed by atoms with Crippen molar-refractivity contribution in [2.24, 2.45) is 5.92 Å². The normalized spacial score (nSPS) is 25.1. The van der Waals surface area contributed by atoms with Gasteiger partial charge in [0.2, 0.25) is 0 Å². The van der Waals surface area contributed by atoms with Crippen molar-refractivity contribution in [3.63, 3.8) is 0 Å². The third kappa shape index (κ3) is 2.77. The van der Waals surface area contributed by atoms with Gasteiger partial charge in [-0.3, -0.25) is 4.90 Å². The highest BCUT2D eigenvalue weighted by Gasteiger charge is 2.31. The molecule has 3 rings (SSSR count). The first-order valence-electron chi connectivity index (χ1n) is 7.01. The Balaban J connectivity index is 1.78. The van der Waals surface area contributed by atoms with Gasteiger partial charge < -0.3 is 10.1 Å². The van der Waals surface area contributed by atoms with E-state index in [4.69, 9.17) is 4.74 Å². The van der Waals surface area contributed by atoms with Crippen molar-refractivity contribution in [2.45, 2.75) is 18.9 Å². The minimum absolute atomic E-state index is 0.621. The predicted octanol–water partition coefficient (Wildman–Crippen LogP) is 2.12. The molecule has 0 bridgehead atoms. The molecule has 1 aromatic rings. The van der Waals surface area contributed by atoms with Crippen molar-refractivity contribution in [2.75, 3.05) is 39.4 Å². The number of hydrogen-bond donors (Lipinski definition) is 1. The summed E-state index contributed by atoms with van der Waals surface area (Å²) in [6.07, 6.45) is 2.43. The second kappa shape index (κ2) is 6.15. The van der Waals surface area contributed by atoms with Crippen LogP contribution < -0.4 is 5.32 Å². The average molecular weight is 266 g/mol. The van der Waals surface area contributed by atoms with Crippen LogP contribution in [0, 0.1) is 5.92 Å². The SMILES string of the molecule is c1csc(C(C2CCOCC2)N2CCNCC2)c1. The third-order valence-corrected chi connectivity index (χ3v) is 5.04. The Bertz CT molecular complexity index is 325. The lowest BCUT2D eigenvalue weighted by atomic mass is 9.89. The number of ether oxygens (including phenoxy) is 1. The molecule has 1 unspecified atom stereocenters. The van der Waals surface area contributed by atoms with Crippen molar-refractivity contribution in [3.8, 4) is 0 Å². The molecule has 2 saturated heterocycles. The molecule has 0 spiro atoms. The van der Waals surface area contributed by atoms with Crippen LogP contribution in [0.15, 0.2) is 17.5 Å². The van der Waals surface area contributed by atoms with Crippen molar-refractivity contribution >= 4 is 11.3 Å². The van der Waals surface area contributed by atoms with E-state index in [9.17, 15) is 0 Å². The number of nitrogens with zero attached hydrogens (tertiary/aromatic N) is 1. The predicted molar refractivity (Wildman–Crippen MR) is 75.0 cm³/mol. The summed E-state index contributed by atoms with van der Waals surface area (Å²) in [5, 5.41) is 5.67. The van der Waals surface area contributed by atoms with Crippen molar-refractivity contribution in [3.05, 3.63) is 22.4 Å². The van der Waals surface area contributed by atoms with Crippen molar-refractivity contribution in [1.29, 1.82) is 0 Å². The lowest BCUT2D eigenvalue weighted by Gasteiger charge is -2.40. The Labute approximate surface area is 113 Å². The fourth-order valence-corrected chi connectivity index (χ4v) is 4.11.